The van der Waals surface area contributed by atoms with E-state index in [1.165, 1.54) is 31.3 Å². The molecule has 2 N–H and O–H groups in total. The molecule has 0 bridgehead atoms. The number of aliphatic carboxylic acids is 1. The van der Waals surface area contributed by atoms with Gasteiger partial charge in [0, 0.05) is 32.2 Å². The number of amides is 1. The van der Waals surface area contributed by atoms with Crippen LogP contribution in [0.1, 0.15) is 53.4 Å². The van der Waals surface area contributed by atoms with Crippen molar-refractivity contribution in [1.29, 1.82) is 0 Å². The Morgan fingerprint density at radius 3 is 2.03 bits per heavy atom. The van der Waals surface area contributed by atoms with Gasteiger partial charge in [-0.1, -0.05) is 24.5 Å². The van der Waals surface area contributed by atoms with Crippen LogP contribution in [0.25, 0.3) is 0 Å². The quantitative estimate of drug-likeness (QED) is 0.373. The van der Waals surface area contributed by atoms with Gasteiger partial charge in [-0.2, -0.15) is 4.94 Å². The van der Waals surface area contributed by atoms with Crippen LogP contribution in [-0.4, -0.2) is 72.8 Å². The van der Waals surface area contributed by atoms with Crippen LogP contribution in [0, 0.1) is 5.92 Å². The maximum Gasteiger partial charge on any atom is 0.407 e. The molecule has 0 spiro atoms. The number of carboxylic acid groups (broad SMARTS) is 2. The van der Waals surface area contributed by atoms with Gasteiger partial charge in [0.1, 0.15) is 0 Å². The van der Waals surface area contributed by atoms with Crippen LogP contribution in [0.15, 0.2) is 23.3 Å². The van der Waals surface area contributed by atoms with E-state index in [0.717, 1.165) is 24.7 Å². The summed E-state index contributed by atoms with van der Waals surface area (Å²) in [5, 5.41) is 16.6. The fourth-order valence-electron chi connectivity index (χ4n) is 3.25. The summed E-state index contributed by atoms with van der Waals surface area (Å²) < 4.78 is 20.8. The van der Waals surface area contributed by atoms with E-state index in [4.69, 9.17) is 19.7 Å². The van der Waals surface area contributed by atoms with Crippen molar-refractivity contribution in [2.24, 2.45) is 5.92 Å². The third kappa shape index (κ3) is 11.9. The van der Waals surface area contributed by atoms with Gasteiger partial charge >= 0.3 is 12.1 Å². The number of carboxylic acids is 1. The van der Waals surface area contributed by atoms with Gasteiger partial charge in [-0.25, -0.2) is 9.59 Å². The van der Waals surface area contributed by atoms with Gasteiger partial charge in [-0.05, 0) is 50.6 Å². The third-order valence-corrected chi connectivity index (χ3v) is 5.35. The largest absolute Gasteiger partial charge is 0.478 e. The van der Waals surface area contributed by atoms with Gasteiger partial charge in [-0.15, -0.1) is 0 Å². The number of carbonyl (C=O) groups is 2. The zero-order valence-corrected chi connectivity index (χ0v) is 19.5. The number of likely N-dealkylation sites (tertiary alicyclic amines) is 1. The van der Waals surface area contributed by atoms with Gasteiger partial charge in [0.2, 0.25) is 0 Å². The Morgan fingerprint density at radius 2 is 1.68 bits per heavy atom. The molecule has 0 aromatic heterocycles. The molecule has 1 saturated carbocycles. The maximum atomic E-state index is 10.2. The first kappa shape index (κ1) is 29.0. The second-order valence-corrected chi connectivity index (χ2v) is 8.07. The summed E-state index contributed by atoms with van der Waals surface area (Å²) in [7, 11) is 2.79. The summed E-state index contributed by atoms with van der Waals surface area (Å²) in [5.41, 5.74) is 2.19. The van der Waals surface area contributed by atoms with E-state index in [1.54, 1.807) is 0 Å². The Labute approximate surface area is 184 Å². The van der Waals surface area contributed by atoms with Crippen molar-refractivity contribution in [2.45, 2.75) is 65.1 Å². The minimum atomic E-state index is -1.02. The van der Waals surface area contributed by atoms with Crippen LogP contribution < -0.4 is 0 Å². The van der Waals surface area contributed by atoms with Crippen molar-refractivity contribution >= 4 is 12.1 Å². The van der Waals surface area contributed by atoms with Gasteiger partial charge < -0.3 is 24.6 Å². The van der Waals surface area contributed by atoms with Crippen LogP contribution in [0.2, 0.25) is 0 Å². The Morgan fingerprint density at radius 1 is 1.19 bits per heavy atom. The van der Waals surface area contributed by atoms with Crippen molar-refractivity contribution in [1.82, 2.24) is 4.90 Å². The van der Waals surface area contributed by atoms with Gasteiger partial charge in [0.25, 0.3) is 0 Å². The molecule has 2 heterocycles. The molecule has 1 amide bonds. The topological polar surface area (TPSA) is 109 Å². The highest BCUT2D eigenvalue weighted by atomic mass is 19.3. The smallest absolute Gasteiger partial charge is 0.407 e. The number of rotatable bonds is 3. The molecule has 3 unspecified atom stereocenters. The number of ether oxygens (including phenoxy) is 2. The molecule has 2 aliphatic heterocycles. The number of epoxide rings is 1. The zero-order chi connectivity index (χ0) is 24.0. The lowest BCUT2D eigenvalue weighted by molar-refractivity contribution is -0.131. The number of nitrogens with zero attached hydrogens (tertiary/aromatic N) is 1. The lowest BCUT2D eigenvalue weighted by Crippen LogP contribution is -2.43. The van der Waals surface area contributed by atoms with E-state index >= 15 is 0 Å². The molecule has 31 heavy (non-hydrogen) atoms. The Bertz CT molecular complexity index is 605. The second-order valence-electron chi connectivity index (χ2n) is 8.07. The molecule has 3 rings (SSSR count). The number of halogens is 1. The molecule has 3 atom stereocenters. The molecule has 9 heteroatoms. The van der Waals surface area contributed by atoms with E-state index in [-0.39, 0.29) is 18.7 Å². The van der Waals surface area contributed by atoms with Crippen LogP contribution in [0.4, 0.5) is 9.32 Å². The second kappa shape index (κ2) is 14.9. The van der Waals surface area contributed by atoms with Crippen LogP contribution in [0.3, 0.4) is 0 Å². The predicted octanol–water partition coefficient (Wildman–Crippen LogP) is 4.46. The SMILES string of the molecule is CC=C(C)C.COC1CCCCC1C1(C)CO1.COF.O=C(O)C=C1CN(C(=O)O)C1. The third-order valence-electron chi connectivity index (χ3n) is 5.35. The standard InChI is InChI=1S/C10H18O2.C6H7NO4.C5H10.CH3FO/c1-10(7-12-10)8-5-3-4-6-9(8)11-2;8-5(9)1-4-2-7(3-4)6(10)11;1-4-5(2)3;1-3-2/h8-9H,3-7H2,1-2H3;1H,2-3H2,(H,8,9)(H,10,11);4H,1-3H3;1H3. The summed E-state index contributed by atoms with van der Waals surface area (Å²) in [6.45, 7) is 9.81. The summed E-state index contributed by atoms with van der Waals surface area (Å²) in [4.78, 5) is 24.1. The highest BCUT2D eigenvalue weighted by Gasteiger charge is 2.50. The summed E-state index contributed by atoms with van der Waals surface area (Å²) in [6.07, 6.45) is 7.75. The first-order valence-electron chi connectivity index (χ1n) is 10.4. The first-order valence-corrected chi connectivity index (χ1v) is 10.4. The fraction of sp³-hybridized carbons (Fsp3) is 0.727. The van der Waals surface area contributed by atoms with Crippen molar-refractivity contribution in [3.05, 3.63) is 23.3 Å². The molecule has 1 aliphatic carbocycles. The lowest BCUT2D eigenvalue weighted by Gasteiger charge is -2.33. The van der Waals surface area contributed by atoms with E-state index < -0.39 is 12.1 Å². The Balaban J connectivity index is 0.000000438. The molecule has 8 nitrogen and oxygen atoms in total. The molecule has 0 radical (unpaired) electrons. The molecule has 0 aromatic rings. The van der Waals surface area contributed by atoms with Gasteiger partial charge in [-0.3, -0.25) is 0 Å². The molecule has 180 valence electrons. The minimum absolute atomic E-state index is 0.168. The normalized spacial score (nSPS) is 25.6. The monoisotopic (exact) mass is 447 g/mol. The fourth-order valence-corrected chi connectivity index (χ4v) is 3.25. The molecule has 3 fully saturated rings. The Kier molecular flexibility index (Phi) is 14.0. The van der Waals surface area contributed by atoms with Crippen LogP contribution in [-0.2, 0) is 19.2 Å². The number of hydrogen-bond acceptors (Lipinski definition) is 5. The number of methoxy groups -OCH3 is 1. The van der Waals surface area contributed by atoms with Gasteiger partial charge in [0.05, 0.1) is 25.4 Å². The summed E-state index contributed by atoms with van der Waals surface area (Å²) in [5.74, 6) is -0.374. The van der Waals surface area contributed by atoms with Crippen molar-refractivity contribution in [3.8, 4) is 0 Å². The van der Waals surface area contributed by atoms with Crippen molar-refractivity contribution in [2.75, 3.05) is 33.9 Å². The molecular formula is C22H38FNO7. The molecule has 2 saturated heterocycles. The van der Waals surface area contributed by atoms with E-state index in [2.05, 4.69) is 31.8 Å². The Hall–Kier alpha value is -1.97. The summed E-state index contributed by atoms with van der Waals surface area (Å²) in [6, 6.07) is 0. The molecule has 3 aliphatic rings. The van der Waals surface area contributed by atoms with E-state index in [1.807, 2.05) is 14.0 Å². The highest BCUT2D eigenvalue weighted by Crippen LogP contribution is 2.43. The van der Waals surface area contributed by atoms with Crippen molar-refractivity contribution < 1.29 is 38.7 Å². The van der Waals surface area contributed by atoms with E-state index in [0.29, 0.717) is 17.6 Å². The first-order chi connectivity index (χ1) is 14.5. The number of hydrogen-bond donors (Lipinski definition) is 2. The zero-order valence-electron chi connectivity index (χ0n) is 19.5. The van der Waals surface area contributed by atoms with E-state index in [9.17, 15) is 14.1 Å². The maximum absolute atomic E-state index is 10.2. The van der Waals surface area contributed by atoms with Crippen molar-refractivity contribution in [3.63, 3.8) is 0 Å². The highest BCUT2D eigenvalue weighted by molar-refractivity contribution is 5.82. The van der Waals surface area contributed by atoms with Crippen LogP contribution in [0.5, 0.6) is 0 Å². The summed E-state index contributed by atoms with van der Waals surface area (Å²) >= 11 is 0. The van der Waals surface area contributed by atoms with Gasteiger partial charge in [0.15, 0.2) is 0 Å². The average Bonchev–Trinajstić information content (AvgIpc) is 3.44. The average molecular weight is 448 g/mol. The van der Waals surface area contributed by atoms with Crippen LogP contribution >= 0.6 is 0 Å². The minimum Gasteiger partial charge on any atom is -0.478 e. The lowest BCUT2D eigenvalue weighted by atomic mass is 9.78. The predicted molar refractivity (Wildman–Crippen MR) is 116 cm³/mol. The number of allylic oxidation sites excluding steroid dienone is 2. The molecule has 0 aromatic carbocycles. The molecular weight excluding hydrogens is 409 g/mol.